The highest BCUT2D eigenvalue weighted by molar-refractivity contribution is 5.86. The van der Waals surface area contributed by atoms with Crippen molar-refractivity contribution in [3.05, 3.63) is 48.0 Å². The number of hydrogen-bond donors (Lipinski definition) is 1. The first kappa shape index (κ1) is 23.1. The van der Waals surface area contributed by atoms with Crippen molar-refractivity contribution in [3.8, 4) is 22.9 Å². The second-order valence-corrected chi connectivity index (χ2v) is 7.85. The van der Waals surface area contributed by atoms with Gasteiger partial charge in [-0.3, -0.25) is 4.79 Å². The van der Waals surface area contributed by atoms with Gasteiger partial charge in [-0.25, -0.2) is 4.79 Å². The van der Waals surface area contributed by atoms with Gasteiger partial charge in [-0.15, -0.1) is 15.0 Å². The summed E-state index contributed by atoms with van der Waals surface area (Å²) in [5.74, 6) is 0.246. The summed E-state index contributed by atoms with van der Waals surface area (Å²) in [6, 6.07) is 8.64. The molecule has 10 heteroatoms. The number of aromatic hydroxyl groups is 1. The number of aryl methyl sites for hydroxylation is 1. The summed E-state index contributed by atoms with van der Waals surface area (Å²) in [4.78, 5) is 24.6. The zero-order valence-electron chi connectivity index (χ0n) is 18.8. The average Bonchev–Trinajstić information content (AvgIpc) is 3.44. The molecule has 1 aromatic heterocycles. The monoisotopic (exact) mass is 467 g/mol. The number of hydrogen-bond acceptors (Lipinski definition) is 9. The molecule has 4 rings (SSSR count). The van der Waals surface area contributed by atoms with Crippen molar-refractivity contribution in [1.82, 2.24) is 15.0 Å². The van der Waals surface area contributed by atoms with Gasteiger partial charge in [0.05, 0.1) is 13.2 Å². The number of benzene rings is 2. The molecular formula is C24H25N3O7. The van der Waals surface area contributed by atoms with Crippen LogP contribution in [-0.2, 0) is 25.5 Å². The van der Waals surface area contributed by atoms with Crippen LogP contribution in [0.4, 0.5) is 0 Å². The van der Waals surface area contributed by atoms with E-state index in [0.29, 0.717) is 53.1 Å². The molecule has 0 saturated carbocycles. The Morgan fingerprint density at radius 3 is 2.53 bits per heavy atom. The van der Waals surface area contributed by atoms with Crippen LogP contribution in [0.2, 0.25) is 0 Å². The van der Waals surface area contributed by atoms with E-state index in [1.54, 1.807) is 13.0 Å². The summed E-state index contributed by atoms with van der Waals surface area (Å²) >= 11 is 0. The quantitative estimate of drug-likeness (QED) is 0.272. The maximum absolute atomic E-state index is 12.0. The van der Waals surface area contributed by atoms with Gasteiger partial charge in [0.15, 0.2) is 11.5 Å². The Kier molecular flexibility index (Phi) is 6.95. The topological polar surface area (TPSA) is 122 Å². The highest BCUT2D eigenvalue weighted by Gasteiger charge is 2.19. The molecule has 0 saturated heterocycles. The molecule has 0 aliphatic carbocycles. The molecule has 0 fully saturated rings. The zero-order valence-corrected chi connectivity index (χ0v) is 18.8. The molecule has 0 atom stereocenters. The zero-order chi connectivity index (χ0) is 24.1. The van der Waals surface area contributed by atoms with Gasteiger partial charge in [0.2, 0.25) is 6.79 Å². The highest BCUT2D eigenvalue weighted by Crippen LogP contribution is 2.39. The van der Waals surface area contributed by atoms with E-state index in [1.807, 2.05) is 18.2 Å². The van der Waals surface area contributed by atoms with Crippen molar-refractivity contribution in [2.45, 2.75) is 32.6 Å². The molecule has 2 aromatic carbocycles. The summed E-state index contributed by atoms with van der Waals surface area (Å²) in [6.07, 6.45) is 1.94. The van der Waals surface area contributed by atoms with Crippen LogP contribution in [0.3, 0.4) is 0 Å². The molecule has 1 N–H and O–H groups in total. The minimum atomic E-state index is -0.415. The number of ether oxygens (including phenoxy) is 4. The van der Waals surface area contributed by atoms with E-state index in [2.05, 4.69) is 16.8 Å². The molecule has 178 valence electrons. The molecule has 0 unspecified atom stereocenters. The van der Waals surface area contributed by atoms with Crippen molar-refractivity contribution in [3.63, 3.8) is 0 Å². The number of fused-ring (bicyclic) bond motifs is 2. The molecule has 1 aliphatic rings. The van der Waals surface area contributed by atoms with Crippen LogP contribution >= 0.6 is 0 Å². The van der Waals surface area contributed by atoms with Crippen molar-refractivity contribution in [2.24, 2.45) is 0 Å². The second kappa shape index (κ2) is 10.2. The Labute approximate surface area is 195 Å². The summed E-state index contributed by atoms with van der Waals surface area (Å²) < 4.78 is 20.8. The minimum absolute atomic E-state index is 0.0264. The number of esters is 2. The van der Waals surface area contributed by atoms with Crippen LogP contribution < -0.4 is 9.47 Å². The number of rotatable bonds is 10. The lowest BCUT2D eigenvalue weighted by molar-refractivity contribution is -0.144. The maximum atomic E-state index is 12.0. The molecular weight excluding hydrogens is 442 g/mol. The van der Waals surface area contributed by atoms with E-state index >= 15 is 0 Å². The fourth-order valence-corrected chi connectivity index (χ4v) is 3.30. The van der Waals surface area contributed by atoms with E-state index < -0.39 is 5.97 Å². The molecule has 34 heavy (non-hydrogen) atoms. The molecule has 3 aromatic rings. The highest BCUT2D eigenvalue weighted by atomic mass is 16.7. The number of aromatic nitrogens is 3. The lowest BCUT2D eigenvalue weighted by Gasteiger charge is -2.06. The fraction of sp³-hybridized carbons (Fsp3) is 0.333. The van der Waals surface area contributed by atoms with Gasteiger partial charge in [0, 0.05) is 24.1 Å². The summed E-state index contributed by atoms with van der Waals surface area (Å²) in [5.41, 5.74) is 2.93. The van der Waals surface area contributed by atoms with Crippen LogP contribution in [0.15, 0.2) is 42.5 Å². The van der Waals surface area contributed by atoms with Gasteiger partial charge < -0.3 is 24.1 Å². The third-order valence-electron chi connectivity index (χ3n) is 5.13. The average molecular weight is 467 g/mol. The SMILES string of the molecule is C=C(C)C(=O)OCCCCOC(=O)CCc1ccc2nn(-c3cc4c(cc3O)OCO4)nc2c1. The molecule has 0 radical (unpaired) electrons. The van der Waals surface area contributed by atoms with Gasteiger partial charge in [0.25, 0.3) is 0 Å². The third-order valence-corrected chi connectivity index (χ3v) is 5.13. The summed E-state index contributed by atoms with van der Waals surface area (Å²) in [5, 5.41) is 19.2. The lowest BCUT2D eigenvalue weighted by atomic mass is 10.1. The molecule has 2 heterocycles. The second-order valence-electron chi connectivity index (χ2n) is 7.85. The van der Waals surface area contributed by atoms with Gasteiger partial charge in [-0.1, -0.05) is 12.6 Å². The number of carbonyl (C=O) groups is 2. The molecule has 0 amide bonds. The first-order valence-corrected chi connectivity index (χ1v) is 10.9. The first-order valence-electron chi connectivity index (χ1n) is 10.9. The Bertz CT molecular complexity index is 1230. The van der Waals surface area contributed by atoms with E-state index in [9.17, 15) is 14.7 Å². The summed E-state index contributed by atoms with van der Waals surface area (Å²) in [6.45, 7) is 5.75. The Morgan fingerprint density at radius 1 is 1.06 bits per heavy atom. The number of unbranched alkanes of at least 4 members (excludes halogenated alkanes) is 1. The predicted octanol–water partition coefficient (Wildman–Crippen LogP) is 3.23. The lowest BCUT2D eigenvalue weighted by Crippen LogP contribution is -2.09. The molecule has 1 aliphatic heterocycles. The van der Waals surface area contributed by atoms with Gasteiger partial charge in [-0.2, -0.15) is 0 Å². The van der Waals surface area contributed by atoms with E-state index in [1.165, 1.54) is 10.9 Å². The van der Waals surface area contributed by atoms with E-state index in [-0.39, 0.29) is 38.1 Å². The van der Waals surface area contributed by atoms with Crippen LogP contribution in [0, 0.1) is 0 Å². The Morgan fingerprint density at radius 2 is 1.76 bits per heavy atom. The predicted molar refractivity (Wildman–Crippen MR) is 121 cm³/mol. The number of carbonyl (C=O) groups excluding carboxylic acids is 2. The Hall–Kier alpha value is -4.08. The van der Waals surface area contributed by atoms with Crippen LogP contribution in [0.25, 0.3) is 16.7 Å². The van der Waals surface area contributed by atoms with Gasteiger partial charge >= 0.3 is 11.9 Å². The Balaban J connectivity index is 1.27. The van der Waals surface area contributed by atoms with Crippen LogP contribution in [0.5, 0.6) is 17.2 Å². The largest absolute Gasteiger partial charge is 0.505 e. The normalized spacial score (nSPS) is 12.0. The van der Waals surface area contributed by atoms with Gasteiger partial charge in [0.1, 0.15) is 22.5 Å². The third kappa shape index (κ3) is 5.45. The number of phenols is 1. The fourth-order valence-electron chi connectivity index (χ4n) is 3.30. The van der Waals surface area contributed by atoms with Crippen LogP contribution in [0.1, 0.15) is 31.7 Å². The minimum Gasteiger partial charge on any atom is -0.505 e. The van der Waals surface area contributed by atoms with E-state index in [4.69, 9.17) is 18.9 Å². The van der Waals surface area contributed by atoms with Crippen molar-refractivity contribution >= 4 is 23.0 Å². The maximum Gasteiger partial charge on any atom is 0.333 e. The number of phenolic OH excluding ortho intramolecular Hbond substituents is 1. The van der Waals surface area contributed by atoms with Gasteiger partial charge in [-0.05, 0) is 43.9 Å². The summed E-state index contributed by atoms with van der Waals surface area (Å²) in [7, 11) is 0. The molecule has 10 nitrogen and oxygen atoms in total. The van der Waals surface area contributed by atoms with E-state index in [0.717, 1.165) is 5.56 Å². The van der Waals surface area contributed by atoms with Crippen molar-refractivity contribution in [2.75, 3.05) is 20.0 Å². The van der Waals surface area contributed by atoms with Crippen molar-refractivity contribution in [1.29, 1.82) is 0 Å². The first-order chi connectivity index (χ1) is 16.4. The standard InChI is InChI=1S/C24H25N3O7/c1-15(2)24(30)32-10-4-3-9-31-23(29)8-6-16-5-7-17-18(11-16)26-27(25-17)19-12-21-22(13-20(19)28)34-14-33-21/h5,7,11-13,28H,1,3-4,6,8-10,14H2,2H3. The van der Waals surface area contributed by atoms with Crippen molar-refractivity contribution < 1.29 is 33.6 Å². The number of nitrogens with zero attached hydrogens (tertiary/aromatic N) is 3. The van der Waals surface area contributed by atoms with Crippen LogP contribution in [-0.4, -0.2) is 52.0 Å². The molecule has 0 spiro atoms. The smallest absolute Gasteiger partial charge is 0.333 e. The molecule has 0 bridgehead atoms.